The van der Waals surface area contributed by atoms with Crippen LogP contribution in [0.4, 0.5) is 18.9 Å². The highest BCUT2D eigenvalue weighted by atomic mass is 19.4. The maximum absolute atomic E-state index is 12.6. The third kappa shape index (κ3) is 6.50. The van der Waals surface area contributed by atoms with Crippen molar-refractivity contribution in [2.24, 2.45) is 5.10 Å². The number of rotatable bonds is 8. The smallest absolute Gasteiger partial charge is 0.416 e. The molecule has 162 valence electrons. The van der Waals surface area contributed by atoms with E-state index in [1.165, 1.54) is 17.7 Å². The van der Waals surface area contributed by atoms with Crippen LogP contribution in [0, 0.1) is 6.92 Å². The highest BCUT2D eigenvalue weighted by molar-refractivity contribution is 5.81. The number of aryl methyl sites for hydroxylation is 1. The summed E-state index contributed by atoms with van der Waals surface area (Å²) in [7, 11) is 0. The molecule has 0 aliphatic heterocycles. The third-order valence-corrected chi connectivity index (χ3v) is 4.40. The van der Waals surface area contributed by atoms with Crippen molar-refractivity contribution in [3.8, 4) is 11.5 Å². The first-order chi connectivity index (χ1) is 14.8. The Morgan fingerprint density at radius 3 is 2.26 bits per heavy atom. The van der Waals surface area contributed by atoms with E-state index < -0.39 is 11.7 Å². The number of benzene rings is 3. The second-order valence-corrected chi connectivity index (χ2v) is 6.86. The molecule has 0 aliphatic carbocycles. The number of hydrogen-bond donors (Lipinski definition) is 1. The van der Waals surface area contributed by atoms with E-state index in [2.05, 4.69) is 10.5 Å². The van der Waals surface area contributed by atoms with Gasteiger partial charge in [-0.25, -0.2) is 0 Å². The Kier molecular flexibility index (Phi) is 7.18. The number of halogens is 3. The molecule has 0 fully saturated rings. The van der Waals surface area contributed by atoms with Gasteiger partial charge in [-0.05, 0) is 67.4 Å². The first-order valence-corrected chi connectivity index (χ1v) is 9.76. The predicted octanol–water partition coefficient (Wildman–Crippen LogP) is 6.44. The summed E-state index contributed by atoms with van der Waals surface area (Å²) < 4.78 is 49.5. The highest BCUT2D eigenvalue weighted by Gasteiger charge is 2.29. The van der Waals surface area contributed by atoms with Gasteiger partial charge in [-0.1, -0.05) is 29.8 Å². The van der Waals surface area contributed by atoms with E-state index in [0.717, 1.165) is 23.3 Å². The quantitative estimate of drug-likeness (QED) is 0.332. The molecule has 0 heterocycles. The van der Waals surface area contributed by atoms with Crippen molar-refractivity contribution in [3.05, 3.63) is 89.0 Å². The minimum Gasteiger partial charge on any atom is -0.490 e. The van der Waals surface area contributed by atoms with Crippen molar-refractivity contribution in [1.82, 2.24) is 0 Å². The molecule has 3 aromatic carbocycles. The summed E-state index contributed by atoms with van der Waals surface area (Å²) in [6.45, 7) is 4.82. The summed E-state index contributed by atoms with van der Waals surface area (Å²) >= 11 is 0. The average molecular weight is 428 g/mol. The summed E-state index contributed by atoms with van der Waals surface area (Å²) in [5.74, 6) is 1.21. The molecule has 0 bridgehead atoms. The maximum atomic E-state index is 12.6. The fourth-order valence-electron chi connectivity index (χ4n) is 2.75. The number of alkyl halides is 3. The zero-order valence-electron chi connectivity index (χ0n) is 17.2. The number of hydrazone groups is 1. The normalized spacial score (nSPS) is 11.5. The molecular weight excluding hydrogens is 405 g/mol. The second kappa shape index (κ2) is 10.0. The van der Waals surface area contributed by atoms with Gasteiger partial charge in [0.15, 0.2) is 11.5 Å². The van der Waals surface area contributed by atoms with Gasteiger partial charge in [-0.2, -0.15) is 18.3 Å². The van der Waals surface area contributed by atoms with Gasteiger partial charge in [0.1, 0.15) is 6.61 Å². The Morgan fingerprint density at radius 1 is 0.903 bits per heavy atom. The highest BCUT2D eigenvalue weighted by Crippen LogP contribution is 2.30. The molecule has 3 rings (SSSR count). The van der Waals surface area contributed by atoms with Crippen LogP contribution in [-0.2, 0) is 12.8 Å². The summed E-state index contributed by atoms with van der Waals surface area (Å²) in [6, 6.07) is 18.2. The number of nitrogens with zero attached hydrogens (tertiary/aromatic N) is 1. The summed E-state index contributed by atoms with van der Waals surface area (Å²) in [6.07, 6.45) is -2.80. The van der Waals surface area contributed by atoms with Crippen LogP contribution < -0.4 is 14.9 Å². The fourth-order valence-corrected chi connectivity index (χ4v) is 2.75. The molecule has 0 aromatic heterocycles. The van der Waals surface area contributed by atoms with E-state index >= 15 is 0 Å². The number of nitrogens with one attached hydrogen (secondary N) is 1. The Hall–Kier alpha value is -3.48. The van der Waals surface area contributed by atoms with Crippen LogP contribution in [0.15, 0.2) is 71.8 Å². The molecule has 31 heavy (non-hydrogen) atoms. The number of hydrogen-bond acceptors (Lipinski definition) is 4. The minimum atomic E-state index is -4.36. The van der Waals surface area contributed by atoms with E-state index in [1.807, 2.05) is 44.2 Å². The first-order valence-electron chi connectivity index (χ1n) is 9.76. The first kappa shape index (κ1) is 22.2. The van der Waals surface area contributed by atoms with Crippen molar-refractivity contribution >= 4 is 11.9 Å². The van der Waals surface area contributed by atoms with Gasteiger partial charge in [-0.15, -0.1) is 0 Å². The van der Waals surface area contributed by atoms with E-state index in [0.29, 0.717) is 30.4 Å². The zero-order valence-corrected chi connectivity index (χ0v) is 17.2. The van der Waals surface area contributed by atoms with Gasteiger partial charge in [-0.3, -0.25) is 5.43 Å². The van der Waals surface area contributed by atoms with Crippen LogP contribution in [0.3, 0.4) is 0 Å². The third-order valence-electron chi connectivity index (χ3n) is 4.40. The summed E-state index contributed by atoms with van der Waals surface area (Å²) in [4.78, 5) is 0. The lowest BCUT2D eigenvalue weighted by Gasteiger charge is -2.13. The molecule has 0 radical (unpaired) electrons. The molecule has 0 saturated heterocycles. The SMILES string of the molecule is CCOc1cc(C=NNc2ccc(C(F)(F)F)cc2)ccc1OCc1ccc(C)cc1. The number of anilines is 1. The standard InChI is InChI=1S/C24H23F3N2O2/c1-3-30-23-14-19(8-13-22(23)31-16-18-6-4-17(2)5-7-18)15-28-29-21-11-9-20(10-12-21)24(25,26)27/h4-15,29H,3,16H2,1-2H3. The van der Waals surface area contributed by atoms with Crippen molar-refractivity contribution in [3.63, 3.8) is 0 Å². The van der Waals surface area contributed by atoms with Gasteiger partial charge < -0.3 is 9.47 Å². The zero-order chi connectivity index (χ0) is 22.3. The molecule has 0 spiro atoms. The second-order valence-electron chi connectivity index (χ2n) is 6.86. The Bertz CT molecular complexity index is 1010. The van der Waals surface area contributed by atoms with Crippen LogP contribution in [-0.4, -0.2) is 12.8 Å². The lowest BCUT2D eigenvalue weighted by atomic mass is 10.2. The number of ether oxygens (including phenoxy) is 2. The molecule has 0 amide bonds. The van der Waals surface area contributed by atoms with Crippen LogP contribution in [0.25, 0.3) is 0 Å². The minimum absolute atomic E-state index is 0.420. The van der Waals surface area contributed by atoms with E-state index in [9.17, 15) is 13.2 Å². The molecule has 0 atom stereocenters. The van der Waals surface area contributed by atoms with Gasteiger partial charge in [0.25, 0.3) is 0 Å². The van der Waals surface area contributed by atoms with Crippen molar-refractivity contribution < 1.29 is 22.6 Å². The van der Waals surface area contributed by atoms with Crippen LogP contribution in [0.1, 0.15) is 29.2 Å². The Labute approximate surface area is 179 Å². The van der Waals surface area contributed by atoms with E-state index in [1.54, 1.807) is 18.3 Å². The fraction of sp³-hybridized carbons (Fsp3) is 0.208. The topological polar surface area (TPSA) is 42.8 Å². The van der Waals surface area contributed by atoms with Crippen LogP contribution in [0.5, 0.6) is 11.5 Å². The van der Waals surface area contributed by atoms with Gasteiger partial charge in [0, 0.05) is 0 Å². The molecule has 1 N–H and O–H groups in total. The van der Waals surface area contributed by atoms with Crippen LogP contribution >= 0.6 is 0 Å². The largest absolute Gasteiger partial charge is 0.490 e. The Balaban J connectivity index is 1.64. The van der Waals surface area contributed by atoms with Crippen molar-refractivity contribution in [2.75, 3.05) is 12.0 Å². The van der Waals surface area contributed by atoms with E-state index in [4.69, 9.17) is 9.47 Å². The van der Waals surface area contributed by atoms with Crippen LogP contribution in [0.2, 0.25) is 0 Å². The molecule has 4 nitrogen and oxygen atoms in total. The lowest BCUT2D eigenvalue weighted by Crippen LogP contribution is -2.04. The molecular formula is C24H23F3N2O2. The summed E-state index contributed by atoms with van der Waals surface area (Å²) in [5, 5.41) is 4.08. The van der Waals surface area contributed by atoms with Gasteiger partial charge in [0.05, 0.1) is 24.1 Å². The van der Waals surface area contributed by atoms with Gasteiger partial charge in [0.2, 0.25) is 0 Å². The lowest BCUT2D eigenvalue weighted by molar-refractivity contribution is -0.137. The average Bonchev–Trinajstić information content (AvgIpc) is 2.74. The molecule has 3 aromatic rings. The molecule has 7 heteroatoms. The molecule has 0 saturated carbocycles. The van der Waals surface area contributed by atoms with Crippen molar-refractivity contribution in [1.29, 1.82) is 0 Å². The molecule has 0 unspecified atom stereocenters. The van der Waals surface area contributed by atoms with E-state index in [-0.39, 0.29) is 0 Å². The molecule has 0 aliphatic rings. The van der Waals surface area contributed by atoms with Gasteiger partial charge >= 0.3 is 6.18 Å². The summed E-state index contributed by atoms with van der Waals surface area (Å²) in [5.41, 5.74) is 5.46. The monoisotopic (exact) mass is 428 g/mol. The Morgan fingerprint density at radius 2 is 1.61 bits per heavy atom. The maximum Gasteiger partial charge on any atom is 0.416 e. The predicted molar refractivity (Wildman–Crippen MR) is 116 cm³/mol. The van der Waals surface area contributed by atoms with Crippen molar-refractivity contribution in [2.45, 2.75) is 26.6 Å².